The number of alkyl halides is 3. The fourth-order valence-electron chi connectivity index (χ4n) is 0.746. The fraction of sp³-hybridized carbons (Fsp3) is 0.714. The summed E-state index contributed by atoms with van der Waals surface area (Å²) in [7, 11) is 0. The van der Waals surface area contributed by atoms with E-state index in [1.165, 1.54) is 11.8 Å². The zero-order valence-electron chi connectivity index (χ0n) is 7.56. The predicted octanol–water partition coefficient (Wildman–Crippen LogP) is 2.72. The van der Waals surface area contributed by atoms with E-state index < -0.39 is 12.0 Å². The van der Waals surface area contributed by atoms with Gasteiger partial charge in [0, 0.05) is 5.75 Å². The van der Waals surface area contributed by atoms with Crippen LogP contribution in [0.3, 0.4) is 0 Å². The van der Waals surface area contributed by atoms with Crippen LogP contribution < -0.4 is 0 Å². The molecule has 0 fully saturated rings. The molecule has 0 aliphatic carbocycles. The van der Waals surface area contributed by atoms with Gasteiger partial charge in [-0.25, -0.2) is 0 Å². The number of nitrogens with zero attached hydrogens (tertiary/aromatic N) is 2. The van der Waals surface area contributed by atoms with Crippen LogP contribution in [0.1, 0.15) is 25.6 Å². The molecule has 0 radical (unpaired) electrons. The third-order valence-electron chi connectivity index (χ3n) is 1.46. The van der Waals surface area contributed by atoms with Gasteiger partial charge in [-0.2, -0.15) is 18.2 Å². The number of hydrogen-bond acceptors (Lipinski definition) is 3. The lowest BCUT2D eigenvalue weighted by molar-refractivity contribution is -0.144. The maximum absolute atomic E-state index is 12.0. The first-order chi connectivity index (χ1) is 6.54. The highest BCUT2D eigenvalue weighted by Gasteiger charge is 2.35. The highest BCUT2D eigenvalue weighted by Crippen LogP contribution is 2.27. The van der Waals surface area contributed by atoms with Crippen molar-refractivity contribution in [2.24, 2.45) is 0 Å². The number of H-pyrrole nitrogens is 1. The highest BCUT2D eigenvalue weighted by molar-refractivity contribution is 7.99. The average Bonchev–Trinajstić information content (AvgIpc) is 2.52. The lowest BCUT2D eigenvalue weighted by Crippen LogP contribution is -2.07. The number of rotatable bonds is 4. The Morgan fingerprint density at radius 3 is 2.64 bits per heavy atom. The Hall–Kier alpha value is -0.720. The average molecular weight is 225 g/mol. The number of thioether (sulfide) groups is 1. The van der Waals surface area contributed by atoms with E-state index >= 15 is 0 Å². The van der Waals surface area contributed by atoms with Crippen LogP contribution in [0.25, 0.3) is 0 Å². The van der Waals surface area contributed by atoms with Crippen molar-refractivity contribution in [3.8, 4) is 0 Å². The van der Waals surface area contributed by atoms with Gasteiger partial charge in [-0.05, 0) is 6.42 Å². The third-order valence-corrected chi connectivity index (χ3v) is 2.40. The van der Waals surface area contributed by atoms with Gasteiger partial charge in [-0.3, -0.25) is 5.10 Å². The van der Waals surface area contributed by atoms with Gasteiger partial charge in [0.2, 0.25) is 11.0 Å². The molecule has 1 rings (SSSR count). The summed E-state index contributed by atoms with van der Waals surface area (Å²) in [5.41, 5.74) is 0. The van der Waals surface area contributed by atoms with Gasteiger partial charge < -0.3 is 0 Å². The van der Waals surface area contributed by atoms with E-state index in [2.05, 4.69) is 10.1 Å². The summed E-state index contributed by atoms with van der Waals surface area (Å²) in [5.74, 6) is -0.289. The summed E-state index contributed by atoms with van der Waals surface area (Å²) >= 11 is 1.23. The summed E-state index contributed by atoms with van der Waals surface area (Å²) in [5, 5.41) is 5.49. The Balaban J connectivity index is 2.51. The van der Waals surface area contributed by atoms with Crippen LogP contribution in [0.5, 0.6) is 0 Å². The van der Waals surface area contributed by atoms with Crippen molar-refractivity contribution in [3.05, 3.63) is 5.82 Å². The van der Waals surface area contributed by atoms with Crippen LogP contribution >= 0.6 is 11.8 Å². The quantitative estimate of drug-likeness (QED) is 0.632. The normalized spacial score (nSPS) is 12.0. The number of hydrogen-bond donors (Lipinski definition) is 1. The summed E-state index contributed by atoms with van der Waals surface area (Å²) in [6.07, 6.45) is -2.49. The molecular weight excluding hydrogens is 215 g/mol. The molecule has 0 atom stereocenters. The number of unbranched alkanes of at least 4 members (excludes halogenated alkanes) is 1. The zero-order valence-corrected chi connectivity index (χ0v) is 8.37. The molecule has 0 aromatic carbocycles. The molecule has 1 aromatic heterocycles. The SMILES string of the molecule is CCCCSc1n[nH]c(C(F)(F)F)n1. The third kappa shape index (κ3) is 3.21. The number of aromatic nitrogens is 3. The maximum atomic E-state index is 12.0. The standard InChI is InChI=1S/C7H10F3N3S/c1-2-3-4-14-6-11-5(12-13-6)7(8,9)10/h2-4H2,1H3,(H,11,12,13). The molecule has 7 heteroatoms. The summed E-state index contributed by atoms with van der Waals surface area (Å²) < 4.78 is 36.1. The molecule has 80 valence electrons. The van der Waals surface area contributed by atoms with Gasteiger partial charge in [-0.15, -0.1) is 5.10 Å². The van der Waals surface area contributed by atoms with Gasteiger partial charge in [0.05, 0.1) is 0 Å². The molecule has 0 aliphatic heterocycles. The molecule has 1 heterocycles. The second kappa shape index (κ2) is 4.68. The van der Waals surface area contributed by atoms with Crippen LogP contribution in [0.4, 0.5) is 13.2 Å². The van der Waals surface area contributed by atoms with Crippen molar-refractivity contribution < 1.29 is 13.2 Å². The minimum atomic E-state index is -4.43. The van der Waals surface area contributed by atoms with Crippen LogP contribution in [0.15, 0.2) is 5.16 Å². The second-order valence-corrected chi connectivity index (χ2v) is 3.73. The van der Waals surface area contributed by atoms with Crippen molar-refractivity contribution in [2.45, 2.75) is 31.1 Å². The van der Waals surface area contributed by atoms with Gasteiger partial charge in [0.15, 0.2) is 0 Å². The van der Waals surface area contributed by atoms with Crippen molar-refractivity contribution in [1.82, 2.24) is 15.2 Å². The number of halogens is 3. The minimum absolute atomic E-state index is 0.158. The molecule has 1 aromatic rings. The Labute approximate surface area is 83.5 Å². The molecule has 14 heavy (non-hydrogen) atoms. The molecule has 3 nitrogen and oxygen atoms in total. The van der Waals surface area contributed by atoms with Gasteiger partial charge in [-0.1, -0.05) is 25.1 Å². The summed E-state index contributed by atoms with van der Waals surface area (Å²) in [6, 6.07) is 0. The largest absolute Gasteiger partial charge is 0.451 e. The molecule has 0 amide bonds. The monoisotopic (exact) mass is 225 g/mol. The zero-order chi connectivity index (χ0) is 10.6. The van der Waals surface area contributed by atoms with E-state index in [1.807, 2.05) is 12.0 Å². The first-order valence-corrected chi connectivity index (χ1v) is 5.15. The smallest absolute Gasteiger partial charge is 0.254 e. The van der Waals surface area contributed by atoms with Crippen molar-refractivity contribution in [2.75, 3.05) is 5.75 Å². The second-order valence-electron chi connectivity index (χ2n) is 2.67. The van der Waals surface area contributed by atoms with Crippen LogP contribution in [0.2, 0.25) is 0 Å². The molecule has 0 saturated carbocycles. The molecule has 0 saturated heterocycles. The first-order valence-electron chi connectivity index (χ1n) is 4.16. The molecular formula is C7H10F3N3S. The van der Waals surface area contributed by atoms with Gasteiger partial charge in [0.25, 0.3) is 0 Å². The molecule has 0 bridgehead atoms. The number of aromatic amines is 1. The molecule has 1 N–H and O–H groups in total. The predicted molar refractivity (Wildman–Crippen MR) is 47.0 cm³/mol. The Morgan fingerprint density at radius 2 is 2.14 bits per heavy atom. The van der Waals surface area contributed by atoms with Crippen LogP contribution in [-0.4, -0.2) is 20.9 Å². The Morgan fingerprint density at radius 1 is 1.43 bits per heavy atom. The summed E-state index contributed by atoms with van der Waals surface area (Å²) in [6.45, 7) is 2.01. The first kappa shape index (κ1) is 11.4. The minimum Gasteiger partial charge on any atom is -0.254 e. The van der Waals surface area contributed by atoms with E-state index in [4.69, 9.17) is 0 Å². The van der Waals surface area contributed by atoms with E-state index in [9.17, 15) is 13.2 Å². The Kier molecular flexibility index (Phi) is 3.79. The van der Waals surface area contributed by atoms with E-state index in [-0.39, 0.29) is 5.16 Å². The lowest BCUT2D eigenvalue weighted by atomic mass is 10.4. The molecule has 0 spiro atoms. The van der Waals surface area contributed by atoms with Crippen molar-refractivity contribution in [3.63, 3.8) is 0 Å². The van der Waals surface area contributed by atoms with E-state index in [0.29, 0.717) is 0 Å². The summed E-state index contributed by atoms with van der Waals surface area (Å²) in [4.78, 5) is 3.32. The molecule has 0 unspecified atom stereocenters. The fourth-order valence-corrected chi connectivity index (χ4v) is 1.63. The van der Waals surface area contributed by atoms with E-state index in [1.54, 1.807) is 0 Å². The maximum Gasteiger partial charge on any atom is 0.451 e. The topological polar surface area (TPSA) is 41.6 Å². The van der Waals surface area contributed by atoms with Crippen LogP contribution in [0, 0.1) is 0 Å². The highest BCUT2D eigenvalue weighted by atomic mass is 32.2. The lowest BCUT2D eigenvalue weighted by Gasteiger charge is -1.98. The Bertz CT molecular complexity index is 284. The van der Waals surface area contributed by atoms with E-state index in [0.717, 1.165) is 18.6 Å². The van der Waals surface area contributed by atoms with Gasteiger partial charge in [0.1, 0.15) is 0 Å². The van der Waals surface area contributed by atoms with Crippen molar-refractivity contribution in [1.29, 1.82) is 0 Å². The van der Waals surface area contributed by atoms with Crippen molar-refractivity contribution >= 4 is 11.8 Å². The van der Waals surface area contributed by atoms with Gasteiger partial charge >= 0.3 is 6.18 Å². The number of nitrogens with one attached hydrogen (secondary N) is 1. The van der Waals surface area contributed by atoms with Crippen LogP contribution in [-0.2, 0) is 6.18 Å². The molecule has 0 aliphatic rings.